The van der Waals surface area contributed by atoms with Crippen molar-refractivity contribution in [3.05, 3.63) is 101 Å². The van der Waals surface area contributed by atoms with Crippen LogP contribution >= 0.6 is 12.6 Å². The Morgan fingerprint density at radius 2 is 1.76 bits per heavy atom. The maximum absolute atomic E-state index is 13.9. The van der Waals surface area contributed by atoms with E-state index in [0.717, 1.165) is 66.9 Å². The Kier molecular flexibility index (Phi) is 12.2. The highest BCUT2D eigenvalue weighted by Gasteiger charge is 2.39. The zero-order valence-electron chi connectivity index (χ0n) is 32.1. The van der Waals surface area contributed by atoms with E-state index in [1.807, 2.05) is 24.3 Å². The Hall–Kier alpha value is -4.91. The summed E-state index contributed by atoms with van der Waals surface area (Å²) in [5.41, 5.74) is 5.07. The van der Waals surface area contributed by atoms with Crippen LogP contribution in [0.15, 0.2) is 72.9 Å². The molecule has 4 heterocycles. The van der Waals surface area contributed by atoms with Crippen LogP contribution < -0.4 is 30.5 Å². The number of carbonyl (C=O) groups excluding carboxylic acids is 2. The Bertz CT molecular complexity index is 2250. The summed E-state index contributed by atoms with van der Waals surface area (Å²) in [6, 6.07) is 20.6. The smallest absolute Gasteiger partial charge is 0.371 e. The molecule has 13 nitrogen and oxygen atoms in total. The fraction of sp³-hybridized carbons (Fsp3) is 0.400. The largest absolute Gasteiger partial charge is 0.421 e. The van der Waals surface area contributed by atoms with Crippen LogP contribution in [-0.2, 0) is 45.3 Å². The first-order chi connectivity index (χ1) is 27.6. The van der Waals surface area contributed by atoms with Gasteiger partial charge < -0.3 is 20.9 Å². The number of amides is 2. The molecule has 2 atom stereocenters. The number of anilines is 5. The van der Waals surface area contributed by atoms with Gasteiger partial charge in [-0.25, -0.2) is 13.4 Å². The highest BCUT2D eigenvalue weighted by atomic mass is 32.2. The molecule has 0 radical (unpaired) electrons. The summed E-state index contributed by atoms with van der Waals surface area (Å²) in [7, 11) is -2.11. The number of aromatic nitrogens is 2. The number of nitrogens with zero attached hydrogens (tertiary/aromatic N) is 5. The number of benzene rings is 3. The second kappa shape index (κ2) is 17.1. The monoisotopic (exact) mass is 837 g/mol. The molecule has 2 unspecified atom stereocenters. The van der Waals surface area contributed by atoms with Crippen molar-refractivity contribution >= 4 is 63.3 Å². The zero-order valence-corrected chi connectivity index (χ0v) is 33.8. The van der Waals surface area contributed by atoms with Gasteiger partial charge in [0.05, 0.1) is 23.4 Å². The van der Waals surface area contributed by atoms with Crippen molar-refractivity contribution in [1.82, 2.24) is 25.5 Å². The van der Waals surface area contributed by atoms with Crippen LogP contribution in [0.2, 0.25) is 0 Å². The predicted octanol–water partition coefficient (Wildman–Crippen LogP) is 5.60. The molecule has 4 aromatic rings. The van der Waals surface area contributed by atoms with E-state index in [1.54, 1.807) is 24.3 Å². The summed E-state index contributed by atoms with van der Waals surface area (Å²) < 4.78 is 66.7. The molecule has 3 aliphatic heterocycles. The number of piperidine rings is 2. The minimum absolute atomic E-state index is 0.0133. The number of rotatable bonds is 13. The molecule has 0 saturated carbocycles. The van der Waals surface area contributed by atoms with Gasteiger partial charge in [0.1, 0.15) is 11.4 Å². The molecule has 1 aromatic heterocycles. The molecule has 58 heavy (non-hydrogen) atoms. The topological polar surface area (TPSA) is 152 Å². The number of sulfonamides is 1. The highest BCUT2D eigenvalue weighted by molar-refractivity contribution is 7.92. The van der Waals surface area contributed by atoms with Gasteiger partial charge in [-0.1, -0.05) is 30.3 Å². The maximum atomic E-state index is 13.9. The molecular weight excluding hydrogens is 792 g/mol. The third-order valence-corrected chi connectivity index (χ3v) is 12.7. The van der Waals surface area contributed by atoms with E-state index >= 15 is 0 Å². The van der Waals surface area contributed by atoms with Crippen LogP contribution in [0, 0.1) is 0 Å². The van der Waals surface area contributed by atoms with E-state index in [4.69, 9.17) is 12.6 Å². The molecule has 18 heteroatoms. The second-order valence-electron chi connectivity index (χ2n) is 14.9. The van der Waals surface area contributed by atoms with Gasteiger partial charge in [-0.15, -0.1) is 0 Å². The lowest BCUT2D eigenvalue weighted by atomic mass is 10.0. The van der Waals surface area contributed by atoms with Crippen LogP contribution in [0.4, 0.5) is 42.0 Å². The number of halogens is 3. The van der Waals surface area contributed by atoms with E-state index in [9.17, 15) is 31.2 Å². The standard InChI is InChI=1S/C40H46F3N9O4S2/c1-50(58(2,55)56)31-5-3-4-26(21-31)22-45-36-33(40(41,42)43)23-46-39(49-36)47-29-7-9-30(10-8-29)51-18-15-28(16-19-51)44-17-14-25-6-11-32-27(20-25)24-52(38(32)57)34-12-13-35(53)48-37(34)54/h3-11,20-21,23,28,34,38,44,57H,12-19,22,24H2,1-2H3,(H,48,53,54)(H2,45,46,47,49). The lowest BCUT2D eigenvalue weighted by Gasteiger charge is -2.34. The first kappa shape index (κ1) is 41.3. The molecule has 3 aromatic carbocycles. The SMILES string of the molecule is CN(c1cccc(CNc2nc(Nc3ccc(N4CCC(NCCc5ccc6c(c5)CN(C5CCC(=O)NC5=O)C6S)CC4)cc3)ncc2C(F)(F)F)c1)S(C)(=O)=O. The van der Waals surface area contributed by atoms with Crippen LogP contribution in [0.5, 0.6) is 0 Å². The maximum Gasteiger partial charge on any atom is 0.421 e. The van der Waals surface area contributed by atoms with Crippen molar-refractivity contribution in [3.8, 4) is 0 Å². The number of thiol groups is 1. The third-order valence-electron chi connectivity index (χ3n) is 10.9. The Morgan fingerprint density at radius 1 is 1.00 bits per heavy atom. The number of hydrogen-bond donors (Lipinski definition) is 5. The highest BCUT2D eigenvalue weighted by Crippen LogP contribution is 2.40. The second-order valence-corrected chi connectivity index (χ2v) is 17.4. The first-order valence-corrected chi connectivity index (χ1v) is 21.4. The molecule has 308 valence electrons. The number of carbonyl (C=O) groups is 2. The zero-order chi connectivity index (χ0) is 41.2. The van der Waals surface area contributed by atoms with Crippen LogP contribution in [-0.4, -0.2) is 80.1 Å². The van der Waals surface area contributed by atoms with Gasteiger partial charge in [0, 0.05) is 63.3 Å². The molecule has 3 aliphatic rings. The minimum atomic E-state index is -4.70. The number of hydrogen-bond acceptors (Lipinski definition) is 12. The molecule has 2 saturated heterocycles. The average Bonchev–Trinajstić information content (AvgIpc) is 3.51. The van der Waals surface area contributed by atoms with Crippen molar-refractivity contribution < 1.29 is 31.2 Å². The fourth-order valence-corrected chi connectivity index (χ4v) is 8.61. The van der Waals surface area contributed by atoms with E-state index < -0.39 is 27.6 Å². The molecule has 2 fully saturated rings. The first-order valence-electron chi connectivity index (χ1n) is 19.1. The van der Waals surface area contributed by atoms with Crippen molar-refractivity contribution in [3.63, 3.8) is 0 Å². The molecule has 4 N–H and O–H groups in total. The van der Waals surface area contributed by atoms with Crippen molar-refractivity contribution in [2.45, 2.75) is 68.8 Å². The summed E-state index contributed by atoms with van der Waals surface area (Å²) in [6.07, 6.45) is 0.765. The average molecular weight is 838 g/mol. The van der Waals surface area contributed by atoms with Crippen LogP contribution in [0.3, 0.4) is 0 Å². The van der Waals surface area contributed by atoms with Gasteiger partial charge in [0.15, 0.2) is 0 Å². The predicted molar refractivity (Wildman–Crippen MR) is 221 cm³/mol. The normalized spacial score (nSPS) is 19.2. The Morgan fingerprint density at radius 3 is 2.47 bits per heavy atom. The van der Waals surface area contributed by atoms with E-state index in [-0.39, 0.29) is 35.7 Å². The van der Waals surface area contributed by atoms with Gasteiger partial charge in [-0.3, -0.25) is 24.1 Å². The lowest BCUT2D eigenvalue weighted by Crippen LogP contribution is -2.51. The lowest BCUT2D eigenvalue weighted by molar-refractivity contribution is -0.138. The van der Waals surface area contributed by atoms with E-state index in [0.29, 0.717) is 42.4 Å². The molecule has 0 aliphatic carbocycles. The van der Waals surface area contributed by atoms with Gasteiger partial charge in [-0.05, 0) is 90.9 Å². The number of fused-ring (bicyclic) bond motifs is 1. The minimum Gasteiger partial charge on any atom is -0.371 e. The van der Waals surface area contributed by atoms with Crippen LogP contribution in [0.25, 0.3) is 0 Å². The summed E-state index contributed by atoms with van der Waals surface area (Å²) in [6.45, 7) is 3.16. The molecule has 2 amide bonds. The van der Waals surface area contributed by atoms with Crippen LogP contribution in [0.1, 0.15) is 58.9 Å². The van der Waals surface area contributed by atoms with Crippen molar-refractivity contribution in [2.75, 3.05) is 52.8 Å². The fourth-order valence-electron chi connectivity index (χ4n) is 7.62. The molecular formula is C40H46F3N9O4S2. The van der Waals surface area contributed by atoms with E-state index in [2.05, 4.69) is 59.2 Å². The number of nitrogens with one attached hydrogen (secondary N) is 4. The van der Waals surface area contributed by atoms with Crippen molar-refractivity contribution in [1.29, 1.82) is 0 Å². The summed E-state index contributed by atoms with van der Waals surface area (Å²) >= 11 is 4.81. The van der Waals surface area contributed by atoms with Gasteiger partial charge in [0.25, 0.3) is 0 Å². The molecule has 0 bridgehead atoms. The summed E-state index contributed by atoms with van der Waals surface area (Å²) in [5.74, 6) is -0.887. The van der Waals surface area contributed by atoms with E-state index in [1.165, 1.54) is 18.2 Å². The third kappa shape index (κ3) is 9.68. The van der Waals surface area contributed by atoms with Gasteiger partial charge in [0.2, 0.25) is 27.8 Å². The molecule has 0 spiro atoms. The Labute approximate surface area is 341 Å². The number of alkyl halides is 3. The van der Waals surface area contributed by atoms with Crippen molar-refractivity contribution in [2.24, 2.45) is 0 Å². The van der Waals surface area contributed by atoms with Gasteiger partial charge in [-0.2, -0.15) is 30.8 Å². The summed E-state index contributed by atoms with van der Waals surface area (Å²) in [5, 5.41) is 11.7. The van der Waals surface area contributed by atoms with Gasteiger partial charge >= 0.3 is 6.18 Å². The quantitative estimate of drug-likeness (QED) is 0.0847. The molecule has 7 rings (SSSR count). The Balaban J connectivity index is 0.888. The summed E-state index contributed by atoms with van der Waals surface area (Å²) in [4.78, 5) is 36.6. The number of imide groups is 1.